The lowest BCUT2D eigenvalue weighted by molar-refractivity contribution is -0.145. The zero-order valence-corrected chi connectivity index (χ0v) is 10.7. The van der Waals surface area contributed by atoms with E-state index in [9.17, 15) is 4.79 Å². The summed E-state index contributed by atoms with van der Waals surface area (Å²) in [6, 6.07) is 7.42. The number of unbranched alkanes of at least 4 members (excludes halogenated alkanes) is 2. The molecule has 0 radical (unpaired) electrons. The first-order valence-corrected chi connectivity index (χ1v) is 6.15. The molecule has 4 heteroatoms. The van der Waals surface area contributed by atoms with Crippen LogP contribution in [0.2, 0.25) is 0 Å². The van der Waals surface area contributed by atoms with Gasteiger partial charge in [0.25, 0.3) is 0 Å². The van der Waals surface area contributed by atoms with Crippen molar-refractivity contribution in [3.63, 3.8) is 0 Å². The van der Waals surface area contributed by atoms with Gasteiger partial charge < -0.3 is 14.6 Å². The molecule has 100 valence electrons. The Labute approximate surface area is 108 Å². The summed E-state index contributed by atoms with van der Waals surface area (Å²) in [5, 5.41) is 8.60. The number of ether oxygens (including phenoxy) is 2. The molecule has 18 heavy (non-hydrogen) atoms. The second kappa shape index (κ2) is 8.53. The number of aliphatic hydroxyl groups excluding tert-OH is 1. The van der Waals surface area contributed by atoms with Crippen molar-refractivity contribution >= 4 is 5.97 Å². The summed E-state index contributed by atoms with van der Waals surface area (Å²) in [6.07, 6.45) is 2.78. The van der Waals surface area contributed by atoms with E-state index in [4.69, 9.17) is 14.6 Å². The number of rotatable bonds is 8. The predicted molar refractivity (Wildman–Crippen MR) is 68.3 cm³/mol. The quantitative estimate of drug-likeness (QED) is 0.569. The van der Waals surface area contributed by atoms with Crippen LogP contribution in [0.15, 0.2) is 24.3 Å². The van der Waals surface area contributed by atoms with Crippen LogP contribution >= 0.6 is 0 Å². The lowest BCUT2D eigenvalue weighted by Gasteiger charge is -2.05. The number of hydrogen-bond donors (Lipinski definition) is 1. The molecule has 0 aromatic heterocycles. The molecule has 1 aromatic rings. The summed E-state index contributed by atoms with van der Waals surface area (Å²) < 4.78 is 10.2. The number of carbonyl (C=O) groups is 1. The van der Waals surface area contributed by atoms with Crippen molar-refractivity contribution in [1.82, 2.24) is 0 Å². The van der Waals surface area contributed by atoms with E-state index in [0.29, 0.717) is 13.0 Å². The molecular formula is C14H20O4. The van der Waals surface area contributed by atoms with Crippen LogP contribution in [-0.4, -0.2) is 24.8 Å². The highest BCUT2D eigenvalue weighted by atomic mass is 16.5. The zero-order chi connectivity index (χ0) is 13.2. The van der Waals surface area contributed by atoms with Gasteiger partial charge in [-0.3, -0.25) is 4.79 Å². The Morgan fingerprint density at radius 1 is 1.17 bits per heavy atom. The van der Waals surface area contributed by atoms with Crippen molar-refractivity contribution in [1.29, 1.82) is 0 Å². The highest BCUT2D eigenvalue weighted by Crippen LogP contribution is 2.12. The monoisotopic (exact) mass is 252 g/mol. The van der Waals surface area contributed by atoms with E-state index in [1.54, 1.807) is 7.11 Å². The smallest absolute Gasteiger partial charge is 0.306 e. The third-order valence-electron chi connectivity index (χ3n) is 2.60. The van der Waals surface area contributed by atoms with Crippen LogP contribution in [-0.2, 0) is 16.1 Å². The molecule has 0 spiro atoms. The van der Waals surface area contributed by atoms with Crippen LogP contribution in [0, 0.1) is 0 Å². The maximum absolute atomic E-state index is 11.4. The summed E-state index contributed by atoms with van der Waals surface area (Å²) in [5.41, 5.74) is 0.944. The van der Waals surface area contributed by atoms with E-state index < -0.39 is 0 Å². The third kappa shape index (κ3) is 5.68. The second-order valence-corrected chi connectivity index (χ2v) is 4.04. The second-order valence-electron chi connectivity index (χ2n) is 4.04. The Morgan fingerprint density at radius 3 is 2.50 bits per heavy atom. The molecule has 0 fully saturated rings. The zero-order valence-electron chi connectivity index (χ0n) is 10.7. The highest BCUT2D eigenvalue weighted by Gasteiger charge is 2.03. The molecule has 0 aliphatic carbocycles. The van der Waals surface area contributed by atoms with E-state index in [0.717, 1.165) is 30.6 Å². The molecule has 1 N–H and O–H groups in total. The molecule has 0 saturated carbocycles. The molecular weight excluding hydrogens is 232 g/mol. The van der Waals surface area contributed by atoms with E-state index in [1.807, 2.05) is 24.3 Å². The SMILES string of the molecule is COc1ccc(COC(=O)CCCCCO)cc1. The first-order chi connectivity index (χ1) is 8.76. The van der Waals surface area contributed by atoms with Gasteiger partial charge in [-0.25, -0.2) is 0 Å². The lowest BCUT2D eigenvalue weighted by Crippen LogP contribution is -2.04. The molecule has 0 bridgehead atoms. The van der Waals surface area contributed by atoms with Crippen LogP contribution < -0.4 is 4.74 Å². The van der Waals surface area contributed by atoms with Gasteiger partial charge in [0.05, 0.1) is 7.11 Å². The van der Waals surface area contributed by atoms with Crippen molar-refractivity contribution in [3.8, 4) is 5.75 Å². The van der Waals surface area contributed by atoms with Crippen LogP contribution in [0.4, 0.5) is 0 Å². The fraction of sp³-hybridized carbons (Fsp3) is 0.500. The van der Waals surface area contributed by atoms with Crippen molar-refractivity contribution in [2.45, 2.75) is 32.3 Å². The van der Waals surface area contributed by atoms with Gasteiger partial charge in [0.15, 0.2) is 0 Å². The van der Waals surface area contributed by atoms with Crippen molar-refractivity contribution in [2.24, 2.45) is 0 Å². The van der Waals surface area contributed by atoms with E-state index in [-0.39, 0.29) is 12.6 Å². The topological polar surface area (TPSA) is 55.8 Å². The Bertz CT molecular complexity index is 345. The van der Waals surface area contributed by atoms with Gasteiger partial charge >= 0.3 is 5.97 Å². The molecule has 0 amide bonds. The summed E-state index contributed by atoms with van der Waals surface area (Å²) in [6.45, 7) is 0.476. The van der Waals surface area contributed by atoms with E-state index >= 15 is 0 Å². The van der Waals surface area contributed by atoms with Crippen molar-refractivity contribution < 1.29 is 19.4 Å². The summed E-state index contributed by atoms with van der Waals surface area (Å²) in [4.78, 5) is 11.4. The van der Waals surface area contributed by atoms with Crippen LogP contribution in [0.5, 0.6) is 5.75 Å². The molecule has 0 aliphatic heterocycles. The Morgan fingerprint density at radius 2 is 1.89 bits per heavy atom. The standard InChI is InChI=1S/C14H20O4/c1-17-13-8-6-12(7-9-13)11-18-14(16)5-3-2-4-10-15/h6-9,15H,2-5,10-11H2,1H3. The fourth-order valence-electron chi connectivity index (χ4n) is 1.52. The molecule has 0 unspecified atom stereocenters. The average molecular weight is 252 g/mol. The number of hydrogen-bond acceptors (Lipinski definition) is 4. The predicted octanol–water partition coefficient (Wildman–Crippen LogP) is 2.29. The largest absolute Gasteiger partial charge is 0.497 e. The highest BCUT2D eigenvalue weighted by molar-refractivity contribution is 5.69. The maximum Gasteiger partial charge on any atom is 0.306 e. The van der Waals surface area contributed by atoms with Crippen LogP contribution in [0.25, 0.3) is 0 Å². The minimum atomic E-state index is -0.191. The average Bonchev–Trinajstić information content (AvgIpc) is 2.42. The van der Waals surface area contributed by atoms with E-state index in [1.165, 1.54) is 0 Å². The van der Waals surface area contributed by atoms with Gasteiger partial charge in [-0.2, -0.15) is 0 Å². The summed E-state index contributed by atoms with van der Waals surface area (Å²) in [7, 11) is 1.61. The summed E-state index contributed by atoms with van der Waals surface area (Å²) in [5.74, 6) is 0.595. The normalized spacial score (nSPS) is 10.1. The van der Waals surface area contributed by atoms with Crippen molar-refractivity contribution in [3.05, 3.63) is 29.8 Å². The maximum atomic E-state index is 11.4. The van der Waals surface area contributed by atoms with Gasteiger partial charge in [0.1, 0.15) is 12.4 Å². The minimum Gasteiger partial charge on any atom is -0.497 e. The van der Waals surface area contributed by atoms with Crippen LogP contribution in [0.1, 0.15) is 31.2 Å². The van der Waals surface area contributed by atoms with Gasteiger partial charge in [0.2, 0.25) is 0 Å². The first-order valence-electron chi connectivity index (χ1n) is 6.15. The lowest BCUT2D eigenvalue weighted by atomic mass is 10.2. The molecule has 0 atom stereocenters. The minimum absolute atomic E-state index is 0.181. The van der Waals surface area contributed by atoms with Crippen molar-refractivity contribution in [2.75, 3.05) is 13.7 Å². The number of esters is 1. The van der Waals surface area contributed by atoms with Gasteiger partial charge in [-0.15, -0.1) is 0 Å². The molecule has 4 nitrogen and oxygen atoms in total. The molecule has 0 saturated heterocycles. The number of methoxy groups -OCH3 is 1. The van der Waals surface area contributed by atoms with E-state index in [2.05, 4.69) is 0 Å². The molecule has 1 aromatic carbocycles. The molecule has 1 rings (SSSR count). The van der Waals surface area contributed by atoms with Crippen LogP contribution in [0.3, 0.4) is 0 Å². The Hall–Kier alpha value is -1.55. The van der Waals surface area contributed by atoms with Gasteiger partial charge in [0, 0.05) is 13.0 Å². The number of aliphatic hydroxyl groups is 1. The Kier molecular flexibility index (Phi) is 6.87. The molecule has 0 aliphatic rings. The Balaban J connectivity index is 2.20. The number of carbonyl (C=O) groups excluding carboxylic acids is 1. The third-order valence-corrected chi connectivity index (χ3v) is 2.60. The first kappa shape index (κ1) is 14.5. The molecule has 0 heterocycles. The van der Waals surface area contributed by atoms with Gasteiger partial charge in [-0.05, 0) is 30.5 Å². The number of benzene rings is 1. The fourth-order valence-corrected chi connectivity index (χ4v) is 1.52. The summed E-state index contributed by atoms with van der Waals surface area (Å²) >= 11 is 0. The van der Waals surface area contributed by atoms with Gasteiger partial charge in [-0.1, -0.05) is 18.6 Å².